The number of aromatic hydroxyl groups is 1. The number of hydrogen-bond donors (Lipinski definition) is 3. The monoisotopic (exact) mass is 563 g/mol. The van der Waals surface area contributed by atoms with Crippen LogP contribution in [0.3, 0.4) is 0 Å². The summed E-state index contributed by atoms with van der Waals surface area (Å²) >= 11 is 0. The first-order valence-corrected chi connectivity index (χ1v) is 14.8. The van der Waals surface area contributed by atoms with Gasteiger partial charge in [-0.3, -0.25) is 24.8 Å². The molecule has 3 aromatic heterocycles. The van der Waals surface area contributed by atoms with E-state index in [1.807, 2.05) is 67.1 Å². The van der Waals surface area contributed by atoms with E-state index in [0.717, 1.165) is 59.6 Å². The summed E-state index contributed by atoms with van der Waals surface area (Å²) in [6.07, 6.45) is 12.6. The maximum Gasteiger partial charge on any atom is 0.124 e. The fraction of sp³-hybridized carbons (Fsp3) is 0.324. The van der Waals surface area contributed by atoms with Crippen LogP contribution in [0.15, 0.2) is 97.6 Å². The molecule has 0 radical (unpaired) electrons. The van der Waals surface area contributed by atoms with Crippen LogP contribution in [0.5, 0.6) is 5.75 Å². The van der Waals surface area contributed by atoms with E-state index in [2.05, 4.69) is 60.5 Å². The molecule has 0 aliphatic carbocycles. The lowest BCUT2D eigenvalue weighted by Gasteiger charge is -2.30. The number of hydrogen-bond acceptors (Lipinski definition) is 8. The minimum Gasteiger partial charge on any atom is -0.507 e. The third-order valence-electron chi connectivity index (χ3n) is 7.49. The standard InChI is InChI=1S/C34H41N7O/c35-14-13-27-19-28(21-40(23-30-9-1-5-15-36-30)24-31-10-2-6-16-37-31)34(42)29(20-27)22-41(25-32-11-3-7-17-38-32)26-33-12-4-8-18-39-33/h1-3,5-11,15-20,33,39,42H,4,12-14,21-26,35H2. The minimum atomic E-state index is 0.338. The fourth-order valence-corrected chi connectivity index (χ4v) is 5.50. The molecule has 0 spiro atoms. The maximum absolute atomic E-state index is 11.7. The Morgan fingerprint density at radius 2 is 1.31 bits per heavy atom. The summed E-state index contributed by atoms with van der Waals surface area (Å²) < 4.78 is 0. The predicted molar refractivity (Wildman–Crippen MR) is 166 cm³/mol. The Kier molecular flexibility index (Phi) is 10.6. The average Bonchev–Trinajstić information content (AvgIpc) is 3.01. The second kappa shape index (κ2) is 15.2. The molecule has 1 aliphatic heterocycles. The first kappa shape index (κ1) is 29.4. The number of nitrogens with two attached hydrogens (primary N) is 1. The normalized spacial score (nSPS) is 14.8. The van der Waals surface area contributed by atoms with Gasteiger partial charge in [0.15, 0.2) is 0 Å². The van der Waals surface area contributed by atoms with Gasteiger partial charge < -0.3 is 16.2 Å². The summed E-state index contributed by atoms with van der Waals surface area (Å²) in [7, 11) is 0. The zero-order valence-electron chi connectivity index (χ0n) is 24.1. The lowest BCUT2D eigenvalue weighted by Crippen LogP contribution is -2.39. The number of rotatable bonds is 14. The number of allylic oxidation sites excluding steroid dienone is 1. The molecular formula is C34H41N7O. The molecule has 0 amide bonds. The van der Waals surface area contributed by atoms with Gasteiger partial charge in [-0.2, -0.15) is 0 Å². The number of pyridine rings is 3. The molecule has 8 heteroatoms. The van der Waals surface area contributed by atoms with Gasteiger partial charge in [0.25, 0.3) is 0 Å². The first-order valence-electron chi connectivity index (χ1n) is 14.8. The third-order valence-corrected chi connectivity index (χ3v) is 7.49. The van der Waals surface area contributed by atoms with Gasteiger partial charge in [-0.05, 0) is 74.0 Å². The third kappa shape index (κ3) is 8.69. The lowest BCUT2D eigenvalue weighted by atomic mass is 10.00. The fourth-order valence-electron chi connectivity index (χ4n) is 5.50. The highest BCUT2D eigenvalue weighted by molar-refractivity contribution is 5.44. The highest BCUT2D eigenvalue weighted by atomic mass is 16.3. The van der Waals surface area contributed by atoms with E-state index in [4.69, 9.17) is 5.73 Å². The second-order valence-electron chi connectivity index (χ2n) is 10.9. The van der Waals surface area contributed by atoms with Crippen LogP contribution in [0.4, 0.5) is 0 Å². The van der Waals surface area contributed by atoms with Crippen molar-refractivity contribution in [3.8, 4) is 5.75 Å². The molecule has 1 unspecified atom stereocenters. The Hall–Kier alpha value is -4.11. The largest absolute Gasteiger partial charge is 0.507 e. The molecule has 1 atom stereocenters. The highest BCUT2D eigenvalue weighted by Crippen LogP contribution is 2.29. The molecule has 8 nitrogen and oxygen atoms in total. The van der Waals surface area contributed by atoms with Crippen molar-refractivity contribution in [1.29, 1.82) is 0 Å². The van der Waals surface area contributed by atoms with Crippen molar-refractivity contribution >= 4 is 0 Å². The van der Waals surface area contributed by atoms with Gasteiger partial charge in [0, 0.05) is 75.0 Å². The molecule has 4 heterocycles. The van der Waals surface area contributed by atoms with E-state index in [1.54, 1.807) is 0 Å². The van der Waals surface area contributed by atoms with Crippen LogP contribution in [0, 0.1) is 0 Å². The van der Waals surface area contributed by atoms with Crippen molar-refractivity contribution in [1.82, 2.24) is 30.1 Å². The summed E-state index contributed by atoms with van der Waals surface area (Å²) in [4.78, 5) is 18.4. The zero-order chi connectivity index (χ0) is 29.0. The van der Waals surface area contributed by atoms with Crippen molar-refractivity contribution in [2.24, 2.45) is 5.73 Å². The van der Waals surface area contributed by atoms with E-state index in [-0.39, 0.29) is 0 Å². The van der Waals surface area contributed by atoms with Crippen LogP contribution in [0.2, 0.25) is 0 Å². The molecule has 0 fully saturated rings. The summed E-state index contributed by atoms with van der Waals surface area (Å²) in [5, 5.41) is 15.2. The number of aromatic nitrogens is 3. The van der Waals surface area contributed by atoms with Crippen molar-refractivity contribution in [3.63, 3.8) is 0 Å². The van der Waals surface area contributed by atoms with Crippen molar-refractivity contribution in [2.75, 3.05) is 13.1 Å². The Balaban J connectivity index is 1.42. The van der Waals surface area contributed by atoms with Crippen molar-refractivity contribution in [2.45, 2.75) is 58.0 Å². The van der Waals surface area contributed by atoms with Crippen LogP contribution >= 0.6 is 0 Å². The SMILES string of the molecule is NCCc1cc(CN(Cc2ccccn2)Cc2ccccn2)c(O)c(CN(Cc2ccccn2)CC2CCC=CN2)c1. The molecule has 1 aliphatic rings. The summed E-state index contributed by atoms with van der Waals surface area (Å²) in [5.74, 6) is 0.338. The van der Waals surface area contributed by atoms with Crippen LogP contribution in [-0.2, 0) is 39.1 Å². The van der Waals surface area contributed by atoms with Crippen molar-refractivity contribution < 1.29 is 5.11 Å². The van der Waals surface area contributed by atoms with E-state index in [1.165, 1.54) is 0 Å². The van der Waals surface area contributed by atoms with Crippen LogP contribution in [-0.4, -0.2) is 49.0 Å². The molecule has 0 saturated carbocycles. The molecular weight excluding hydrogens is 522 g/mol. The number of phenolic OH excluding ortho intramolecular Hbond substituents is 1. The van der Waals surface area contributed by atoms with Crippen LogP contribution in [0.1, 0.15) is 46.6 Å². The molecule has 42 heavy (non-hydrogen) atoms. The van der Waals surface area contributed by atoms with Crippen LogP contribution < -0.4 is 11.1 Å². The quantitative estimate of drug-likeness (QED) is 0.205. The molecule has 4 aromatic rings. The number of phenols is 1. The zero-order valence-corrected chi connectivity index (χ0v) is 24.1. The van der Waals surface area contributed by atoms with E-state index in [9.17, 15) is 5.11 Å². The molecule has 4 N–H and O–H groups in total. The average molecular weight is 564 g/mol. The predicted octanol–water partition coefficient (Wildman–Crippen LogP) is 4.55. The smallest absolute Gasteiger partial charge is 0.124 e. The summed E-state index contributed by atoms with van der Waals surface area (Å²) in [6, 6.07) is 22.5. The van der Waals surface area contributed by atoms with Gasteiger partial charge in [-0.15, -0.1) is 0 Å². The first-order chi connectivity index (χ1) is 20.7. The minimum absolute atomic E-state index is 0.338. The number of nitrogens with one attached hydrogen (secondary N) is 1. The summed E-state index contributed by atoms with van der Waals surface area (Å²) in [5.41, 5.74) is 11.9. The molecule has 0 saturated heterocycles. The Morgan fingerprint density at radius 1 is 0.762 bits per heavy atom. The van der Waals surface area contributed by atoms with E-state index in [0.29, 0.717) is 51.1 Å². The molecule has 218 valence electrons. The Morgan fingerprint density at radius 3 is 1.79 bits per heavy atom. The Bertz CT molecular complexity index is 1360. The molecule has 0 bridgehead atoms. The van der Waals surface area contributed by atoms with Gasteiger partial charge >= 0.3 is 0 Å². The van der Waals surface area contributed by atoms with Gasteiger partial charge in [-0.1, -0.05) is 36.4 Å². The van der Waals surface area contributed by atoms with Gasteiger partial charge in [0.1, 0.15) is 5.75 Å². The topological polar surface area (TPSA) is 103 Å². The lowest BCUT2D eigenvalue weighted by molar-refractivity contribution is 0.218. The van der Waals surface area contributed by atoms with Crippen LogP contribution in [0.25, 0.3) is 0 Å². The number of nitrogens with zero attached hydrogens (tertiary/aromatic N) is 5. The molecule has 5 rings (SSSR count). The highest BCUT2D eigenvalue weighted by Gasteiger charge is 2.20. The van der Waals surface area contributed by atoms with E-state index < -0.39 is 0 Å². The van der Waals surface area contributed by atoms with Gasteiger partial charge in [0.05, 0.1) is 17.1 Å². The summed E-state index contributed by atoms with van der Waals surface area (Å²) in [6.45, 7) is 4.54. The number of benzene rings is 1. The maximum atomic E-state index is 11.7. The van der Waals surface area contributed by atoms with Gasteiger partial charge in [-0.25, -0.2) is 0 Å². The van der Waals surface area contributed by atoms with Gasteiger partial charge in [0.2, 0.25) is 0 Å². The van der Waals surface area contributed by atoms with E-state index >= 15 is 0 Å². The molecule has 1 aromatic carbocycles. The Labute approximate surface area is 249 Å². The van der Waals surface area contributed by atoms with Crippen molar-refractivity contribution in [3.05, 3.63) is 131 Å². The second-order valence-corrected chi connectivity index (χ2v) is 10.9.